The highest BCUT2D eigenvalue weighted by molar-refractivity contribution is 6.62. The van der Waals surface area contributed by atoms with Gasteiger partial charge in [0.2, 0.25) is 0 Å². The first-order valence-electron chi connectivity index (χ1n) is 9.78. The van der Waals surface area contributed by atoms with Gasteiger partial charge < -0.3 is 14.2 Å². The van der Waals surface area contributed by atoms with Crippen molar-refractivity contribution in [3.63, 3.8) is 0 Å². The van der Waals surface area contributed by atoms with Gasteiger partial charge in [0, 0.05) is 27.7 Å². The fourth-order valence-electron chi connectivity index (χ4n) is 2.17. The van der Waals surface area contributed by atoms with Gasteiger partial charge in [-0.25, -0.2) is 0 Å². The number of nitrogens with zero attached hydrogens (tertiary/aromatic N) is 1. The molecule has 0 radical (unpaired) electrons. The van der Waals surface area contributed by atoms with Gasteiger partial charge in [0.05, 0.1) is 11.2 Å². The third-order valence-corrected chi connectivity index (χ3v) is 4.21. The Morgan fingerprint density at radius 1 is 1.19 bits per heavy atom. The Hall–Kier alpha value is -1.33. The van der Waals surface area contributed by atoms with Crippen LogP contribution in [0.15, 0.2) is 18.2 Å². The molecule has 0 aliphatic carbocycles. The minimum Gasteiger partial charge on any atom is -0.399 e. The minimum absolute atomic E-state index is 0.00233. The summed E-state index contributed by atoms with van der Waals surface area (Å²) in [5.41, 5.74) is 0.0453. The lowest BCUT2D eigenvalue weighted by molar-refractivity contribution is 0.00578. The summed E-state index contributed by atoms with van der Waals surface area (Å²) >= 11 is 0. The molecule has 1 heterocycles. The predicted octanol–water partition coefficient (Wildman–Crippen LogP) is 2.00. The molecule has 1 aromatic carbocycles. The van der Waals surface area contributed by atoms with E-state index < -0.39 is 38.2 Å². The Morgan fingerprint density at radius 2 is 1.76 bits per heavy atom. The lowest BCUT2D eigenvalue weighted by Crippen LogP contribution is -2.41. The number of carbonyl (C=O) groups excluding carboxylic acids is 1. The molecule has 0 saturated carbocycles. The van der Waals surface area contributed by atoms with E-state index in [1.54, 1.807) is 19.1 Å². The maximum atomic E-state index is 12.6. The highest BCUT2D eigenvalue weighted by Crippen LogP contribution is 2.36. The van der Waals surface area contributed by atoms with E-state index in [9.17, 15) is 4.79 Å². The molecule has 1 amide bonds. The fraction of sp³-hybridized carbons (Fsp3) is 0.562. The maximum absolute atomic E-state index is 12.6. The summed E-state index contributed by atoms with van der Waals surface area (Å²) in [5, 5.41) is 0. The zero-order valence-electron chi connectivity index (χ0n) is 19.0. The third kappa shape index (κ3) is 2.85. The molecule has 0 bridgehead atoms. The lowest BCUT2D eigenvalue weighted by atomic mass is 9.78. The monoisotopic (exact) mass is 295 g/mol. The highest BCUT2D eigenvalue weighted by Gasteiger charge is 2.51. The number of amides is 1. The molecule has 0 unspecified atom stereocenters. The number of hydrogen-bond acceptors (Lipinski definition) is 3. The van der Waals surface area contributed by atoms with Gasteiger partial charge in [-0.1, -0.05) is 12.1 Å². The number of hydrogen-bond donors (Lipinski definition) is 0. The largest absolute Gasteiger partial charge is 0.494 e. The maximum Gasteiger partial charge on any atom is 0.494 e. The number of carbonyl (C=O) groups is 1. The average Bonchev–Trinajstić information content (AvgIpc) is 2.63. The minimum atomic E-state index is -3.08. The second kappa shape index (κ2) is 5.14. The topological polar surface area (TPSA) is 38.8 Å². The van der Waals surface area contributed by atoms with Gasteiger partial charge in [-0.15, -0.1) is 0 Å². The Morgan fingerprint density at radius 3 is 2.24 bits per heavy atom. The van der Waals surface area contributed by atoms with Gasteiger partial charge in [-0.05, 0) is 51.7 Å². The van der Waals surface area contributed by atoms with Crippen LogP contribution in [-0.4, -0.2) is 43.1 Å². The smallest absolute Gasteiger partial charge is 0.399 e. The van der Waals surface area contributed by atoms with Crippen LogP contribution in [0.4, 0.5) is 0 Å². The number of benzene rings is 1. The van der Waals surface area contributed by atoms with Crippen molar-refractivity contribution in [3.8, 4) is 0 Å². The van der Waals surface area contributed by atoms with Crippen LogP contribution < -0.4 is 5.46 Å². The predicted molar refractivity (Wildman–Crippen MR) is 84.9 cm³/mol. The van der Waals surface area contributed by atoms with E-state index in [1.807, 2.05) is 27.7 Å². The van der Waals surface area contributed by atoms with E-state index >= 15 is 0 Å². The van der Waals surface area contributed by atoms with Crippen LogP contribution >= 0.6 is 0 Å². The van der Waals surface area contributed by atoms with Crippen molar-refractivity contribution in [2.75, 3.05) is 14.0 Å². The Labute approximate surface area is 136 Å². The molecular weight excluding hydrogens is 265 g/mol. The summed E-state index contributed by atoms with van der Waals surface area (Å²) in [5.74, 6) is -1.08. The van der Waals surface area contributed by atoms with Crippen molar-refractivity contribution < 1.29 is 22.3 Å². The average molecular weight is 295 g/mol. The molecule has 1 aromatic rings. The van der Waals surface area contributed by atoms with Crippen LogP contribution in [0.25, 0.3) is 0 Å². The highest BCUT2D eigenvalue weighted by atomic mass is 16.7. The van der Waals surface area contributed by atoms with Crippen LogP contribution in [0.1, 0.15) is 51.8 Å². The van der Waals surface area contributed by atoms with Gasteiger partial charge in [-0.2, -0.15) is 0 Å². The summed E-state index contributed by atoms with van der Waals surface area (Å²) in [4.78, 5) is 12.6. The summed E-state index contributed by atoms with van der Waals surface area (Å²) in [6.45, 7) is 3.12. The summed E-state index contributed by atoms with van der Waals surface area (Å²) in [7, 11) is -0.640. The van der Waals surface area contributed by atoms with Crippen molar-refractivity contribution in [2.45, 2.75) is 45.8 Å². The molecule has 0 spiro atoms. The summed E-state index contributed by atoms with van der Waals surface area (Å²) in [6, 6.07) is 4.63. The molecule has 1 saturated heterocycles. The fourth-order valence-corrected chi connectivity index (χ4v) is 2.17. The number of aryl methyl sites for hydroxylation is 1. The van der Waals surface area contributed by atoms with Crippen molar-refractivity contribution >= 4 is 18.5 Å². The van der Waals surface area contributed by atoms with Crippen molar-refractivity contribution in [1.82, 2.24) is 4.90 Å². The van der Waals surface area contributed by atoms with Crippen molar-refractivity contribution in [3.05, 3.63) is 29.3 Å². The van der Waals surface area contributed by atoms with Gasteiger partial charge >= 0.3 is 7.12 Å². The Bertz CT molecular complexity index is 715. The Balaban J connectivity index is 2.36. The molecule has 4 nitrogen and oxygen atoms in total. The van der Waals surface area contributed by atoms with Gasteiger partial charge in [-0.3, -0.25) is 4.79 Å². The van der Waals surface area contributed by atoms with E-state index in [0.717, 1.165) is 0 Å². The normalized spacial score (nSPS) is 25.1. The molecule has 21 heavy (non-hydrogen) atoms. The molecule has 114 valence electrons. The molecule has 0 aromatic heterocycles. The van der Waals surface area contributed by atoms with E-state index in [2.05, 4.69) is 0 Å². The SMILES string of the molecule is [2H]C([2H])([2H])N(C(=O)c1ccc(B2OC(C)(C)C(C)(C)O2)cc1C)C([2H])([2H])[2H]. The zero-order valence-corrected chi connectivity index (χ0v) is 13.0. The molecular formula is C16H24BNO3. The van der Waals surface area contributed by atoms with Crippen molar-refractivity contribution in [2.24, 2.45) is 0 Å². The Kier molecular flexibility index (Phi) is 2.36. The molecule has 1 aliphatic heterocycles. The first-order chi connectivity index (χ1) is 12.0. The standard InChI is InChI=1S/C16H24BNO3/c1-11-10-12(8-9-13(11)14(19)18(6)7)17-20-15(2,3)16(4,5)21-17/h8-10H,1-7H3/i6D3,7D3. The van der Waals surface area contributed by atoms with Gasteiger partial charge in [0.15, 0.2) is 0 Å². The molecule has 0 N–H and O–H groups in total. The first-order valence-corrected chi connectivity index (χ1v) is 6.78. The van der Waals surface area contributed by atoms with E-state index in [0.29, 0.717) is 11.0 Å². The number of rotatable bonds is 2. The van der Waals surface area contributed by atoms with Crippen LogP contribution in [0, 0.1) is 6.92 Å². The van der Waals surface area contributed by atoms with Crippen LogP contribution in [0.2, 0.25) is 0 Å². The van der Waals surface area contributed by atoms with Gasteiger partial charge in [0.25, 0.3) is 5.91 Å². The summed E-state index contributed by atoms with van der Waals surface area (Å²) in [6.07, 6.45) is 0. The third-order valence-electron chi connectivity index (χ3n) is 4.21. The van der Waals surface area contributed by atoms with Gasteiger partial charge in [0.1, 0.15) is 0 Å². The lowest BCUT2D eigenvalue weighted by Gasteiger charge is -2.32. The van der Waals surface area contributed by atoms with Crippen LogP contribution in [0.5, 0.6) is 0 Å². The molecule has 1 fully saturated rings. The van der Waals surface area contributed by atoms with Crippen LogP contribution in [0.3, 0.4) is 0 Å². The molecule has 2 rings (SSSR count). The van der Waals surface area contributed by atoms with E-state index in [4.69, 9.17) is 17.5 Å². The van der Waals surface area contributed by atoms with Crippen molar-refractivity contribution in [1.29, 1.82) is 0 Å². The van der Waals surface area contributed by atoms with E-state index in [-0.39, 0.29) is 10.5 Å². The molecule has 5 heteroatoms. The summed E-state index contributed by atoms with van der Waals surface area (Å²) < 4.78 is 56.3. The van der Waals surface area contributed by atoms with E-state index in [1.165, 1.54) is 6.07 Å². The first kappa shape index (κ1) is 9.64. The molecule has 1 aliphatic rings. The molecule has 0 atom stereocenters. The quantitative estimate of drug-likeness (QED) is 0.783. The zero-order chi connectivity index (χ0) is 21.0. The second-order valence-electron chi connectivity index (χ2n) is 6.30. The van der Waals surface area contributed by atoms with Crippen LogP contribution in [-0.2, 0) is 9.31 Å². The second-order valence-corrected chi connectivity index (χ2v) is 6.30.